The fourth-order valence-corrected chi connectivity index (χ4v) is 4.39. The highest BCUT2D eigenvalue weighted by molar-refractivity contribution is 5.92. The molecule has 2 aromatic rings. The number of rotatable bonds is 5. The Morgan fingerprint density at radius 1 is 1.24 bits per heavy atom. The van der Waals surface area contributed by atoms with Crippen molar-refractivity contribution in [3.63, 3.8) is 0 Å². The van der Waals surface area contributed by atoms with Crippen LogP contribution in [-0.4, -0.2) is 34.2 Å². The second-order valence-corrected chi connectivity index (χ2v) is 7.87. The van der Waals surface area contributed by atoms with Crippen LogP contribution in [0.15, 0.2) is 36.4 Å². The number of likely N-dealkylation sites (N-methyl/N-ethyl adjacent to an activating group) is 1. The summed E-state index contributed by atoms with van der Waals surface area (Å²) >= 11 is 0. The molecule has 4 heteroatoms. The van der Waals surface area contributed by atoms with E-state index in [9.17, 15) is 4.79 Å². The van der Waals surface area contributed by atoms with E-state index in [4.69, 9.17) is 0 Å². The predicted molar refractivity (Wildman–Crippen MR) is 98.7 cm³/mol. The molecule has 1 aromatic heterocycles. The van der Waals surface area contributed by atoms with E-state index in [0.717, 1.165) is 19.4 Å². The number of amides is 1. The van der Waals surface area contributed by atoms with Crippen molar-refractivity contribution in [3.8, 4) is 0 Å². The van der Waals surface area contributed by atoms with Crippen LogP contribution in [0.25, 0.3) is 0 Å². The summed E-state index contributed by atoms with van der Waals surface area (Å²) in [6, 6.07) is 12.6. The zero-order valence-electron chi connectivity index (χ0n) is 15.2. The van der Waals surface area contributed by atoms with Crippen LogP contribution in [0.1, 0.15) is 66.2 Å². The Balaban J connectivity index is 1.48. The van der Waals surface area contributed by atoms with Crippen LogP contribution >= 0.6 is 0 Å². The Labute approximate surface area is 149 Å². The minimum Gasteiger partial charge on any atom is -0.339 e. The standard InChI is InChI=1S/C21H27N3O/c1-23(15-21(12-13-21)17-10-4-3-5-11-17)20(25)18-14-19(24(2)22-18)16-8-6-7-9-16/h3-5,10-11,14,16H,6-9,12-13,15H2,1-2H3. The fraction of sp³-hybridized carbons (Fsp3) is 0.524. The number of hydrogen-bond donors (Lipinski definition) is 0. The Bertz CT molecular complexity index is 755. The van der Waals surface area contributed by atoms with Crippen molar-refractivity contribution in [2.45, 2.75) is 49.9 Å². The SMILES string of the molecule is CN(CC1(c2ccccc2)CC1)C(=O)c1cc(C2CCCC2)n(C)n1. The van der Waals surface area contributed by atoms with E-state index in [-0.39, 0.29) is 11.3 Å². The lowest BCUT2D eigenvalue weighted by molar-refractivity contribution is 0.0775. The van der Waals surface area contributed by atoms with Gasteiger partial charge in [-0.2, -0.15) is 5.10 Å². The third-order valence-electron chi connectivity index (χ3n) is 6.03. The van der Waals surface area contributed by atoms with E-state index in [1.54, 1.807) is 0 Å². The molecule has 2 aliphatic rings. The van der Waals surface area contributed by atoms with E-state index in [0.29, 0.717) is 11.6 Å². The van der Waals surface area contributed by atoms with Crippen LogP contribution in [0.3, 0.4) is 0 Å². The molecule has 2 saturated carbocycles. The first-order valence-corrected chi connectivity index (χ1v) is 9.44. The predicted octanol–water partition coefficient (Wildman–Crippen LogP) is 3.88. The molecule has 1 heterocycles. The topological polar surface area (TPSA) is 38.1 Å². The van der Waals surface area contributed by atoms with Crippen LogP contribution in [0, 0.1) is 0 Å². The first-order valence-electron chi connectivity index (χ1n) is 9.44. The molecule has 0 saturated heterocycles. The fourth-order valence-electron chi connectivity index (χ4n) is 4.39. The maximum absolute atomic E-state index is 12.9. The zero-order chi connectivity index (χ0) is 17.4. The first-order chi connectivity index (χ1) is 12.1. The molecule has 0 radical (unpaired) electrons. The Kier molecular flexibility index (Phi) is 4.14. The molecule has 2 aliphatic carbocycles. The molecule has 0 bridgehead atoms. The summed E-state index contributed by atoms with van der Waals surface area (Å²) in [5.74, 6) is 0.616. The molecule has 2 fully saturated rings. The van der Waals surface area contributed by atoms with E-state index >= 15 is 0 Å². The third-order valence-corrected chi connectivity index (χ3v) is 6.03. The molecule has 0 atom stereocenters. The van der Waals surface area contributed by atoms with E-state index < -0.39 is 0 Å². The van der Waals surface area contributed by atoms with Gasteiger partial charge in [-0.05, 0) is 37.3 Å². The molecule has 132 valence electrons. The number of hydrogen-bond acceptors (Lipinski definition) is 2. The molecule has 1 aromatic carbocycles. The van der Waals surface area contributed by atoms with Gasteiger partial charge in [-0.1, -0.05) is 43.2 Å². The number of nitrogens with zero attached hydrogens (tertiary/aromatic N) is 3. The number of carbonyl (C=O) groups excluding carboxylic acids is 1. The van der Waals surface area contributed by atoms with Crippen molar-refractivity contribution in [2.24, 2.45) is 7.05 Å². The molecular weight excluding hydrogens is 310 g/mol. The highest BCUT2D eigenvalue weighted by Crippen LogP contribution is 2.48. The normalized spacial score (nSPS) is 19.1. The lowest BCUT2D eigenvalue weighted by Gasteiger charge is -2.23. The summed E-state index contributed by atoms with van der Waals surface area (Å²) in [5.41, 5.74) is 3.31. The van der Waals surface area contributed by atoms with Crippen molar-refractivity contribution >= 4 is 5.91 Å². The van der Waals surface area contributed by atoms with Crippen molar-refractivity contribution in [1.29, 1.82) is 0 Å². The second-order valence-electron chi connectivity index (χ2n) is 7.87. The quantitative estimate of drug-likeness (QED) is 0.830. The van der Waals surface area contributed by atoms with Gasteiger partial charge in [0, 0.05) is 37.7 Å². The monoisotopic (exact) mass is 337 g/mol. The van der Waals surface area contributed by atoms with Gasteiger partial charge >= 0.3 is 0 Å². The van der Waals surface area contributed by atoms with Crippen molar-refractivity contribution in [1.82, 2.24) is 14.7 Å². The van der Waals surface area contributed by atoms with Gasteiger partial charge in [0.1, 0.15) is 0 Å². The highest BCUT2D eigenvalue weighted by atomic mass is 16.2. The molecule has 25 heavy (non-hydrogen) atoms. The van der Waals surface area contributed by atoms with Gasteiger partial charge in [-0.3, -0.25) is 9.48 Å². The first kappa shape index (κ1) is 16.4. The average Bonchev–Trinajstić information content (AvgIpc) is 3.04. The smallest absolute Gasteiger partial charge is 0.274 e. The molecule has 0 aliphatic heterocycles. The minimum absolute atomic E-state index is 0.0436. The molecule has 0 spiro atoms. The molecule has 4 rings (SSSR count). The van der Waals surface area contributed by atoms with Crippen LogP contribution in [-0.2, 0) is 12.5 Å². The number of benzene rings is 1. The van der Waals surface area contributed by atoms with Crippen LogP contribution in [0.4, 0.5) is 0 Å². The lowest BCUT2D eigenvalue weighted by Crippen LogP contribution is -2.34. The maximum Gasteiger partial charge on any atom is 0.274 e. The lowest BCUT2D eigenvalue weighted by atomic mass is 9.95. The van der Waals surface area contributed by atoms with E-state index in [2.05, 4.69) is 29.4 Å². The molecule has 4 nitrogen and oxygen atoms in total. The summed E-state index contributed by atoms with van der Waals surface area (Å²) in [6.07, 6.45) is 7.34. The summed E-state index contributed by atoms with van der Waals surface area (Å²) < 4.78 is 1.92. The maximum atomic E-state index is 12.9. The van der Waals surface area contributed by atoms with Gasteiger partial charge in [0.2, 0.25) is 0 Å². The number of aromatic nitrogens is 2. The summed E-state index contributed by atoms with van der Waals surface area (Å²) in [5, 5.41) is 4.52. The van der Waals surface area contributed by atoms with Gasteiger partial charge in [0.15, 0.2) is 5.69 Å². The Hall–Kier alpha value is -2.10. The molecule has 1 amide bonds. The van der Waals surface area contributed by atoms with Gasteiger partial charge in [-0.25, -0.2) is 0 Å². The molecule has 0 N–H and O–H groups in total. The van der Waals surface area contributed by atoms with Gasteiger partial charge in [0.25, 0.3) is 5.91 Å². The van der Waals surface area contributed by atoms with E-state index in [1.807, 2.05) is 35.8 Å². The zero-order valence-corrected chi connectivity index (χ0v) is 15.2. The van der Waals surface area contributed by atoms with Crippen LogP contribution in [0.5, 0.6) is 0 Å². The number of carbonyl (C=O) groups is 1. The van der Waals surface area contributed by atoms with Crippen molar-refractivity contribution < 1.29 is 4.79 Å². The average molecular weight is 337 g/mol. The van der Waals surface area contributed by atoms with Gasteiger partial charge in [0.05, 0.1) is 0 Å². The minimum atomic E-state index is 0.0436. The summed E-state index contributed by atoms with van der Waals surface area (Å²) in [6.45, 7) is 0.769. The largest absolute Gasteiger partial charge is 0.339 e. The highest BCUT2D eigenvalue weighted by Gasteiger charge is 2.45. The Morgan fingerprint density at radius 2 is 1.92 bits per heavy atom. The van der Waals surface area contributed by atoms with Crippen LogP contribution < -0.4 is 0 Å². The second kappa shape index (κ2) is 6.32. The third kappa shape index (κ3) is 3.10. The van der Waals surface area contributed by atoms with Crippen LogP contribution in [0.2, 0.25) is 0 Å². The molecule has 0 unspecified atom stereocenters. The summed E-state index contributed by atoms with van der Waals surface area (Å²) in [4.78, 5) is 14.8. The van der Waals surface area contributed by atoms with Gasteiger partial charge < -0.3 is 4.90 Å². The number of aryl methyl sites for hydroxylation is 1. The Morgan fingerprint density at radius 3 is 2.56 bits per heavy atom. The van der Waals surface area contributed by atoms with Crippen molar-refractivity contribution in [2.75, 3.05) is 13.6 Å². The molecular formula is C21H27N3O. The van der Waals surface area contributed by atoms with Crippen molar-refractivity contribution in [3.05, 3.63) is 53.3 Å². The van der Waals surface area contributed by atoms with E-state index in [1.165, 1.54) is 36.9 Å². The van der Waals surface area contributed by atoms with Gasteiger partial charge in [-0.15, -0.1) is 0 Å². The summed E-state index contributed by atoms with van der Waals surface area (Å²) in [7, 11) is 3.88.